The van der Waals surface area contributed by atoms with Gasteiger partial charge >= 0.3 is 12.4 Å². The molecule has 0 aliphatic rings. The van der Waals surface area contributed by atoms with Gasteiger partial charge in [0.15, 0.2) is 5.92 Å². The topological polar surface area (TPSA) is 42.0 Å². The molecule has 1 N–H and O–H groups in total. The quantitative estimate of drug-likeness (QED) is 0.445. The Hall–Kier alpha value is -1.81. The number of pyridine rings is 1. The Kier molecular flexibility index (Phi) is 7.45. The highest BCUT2D eigenvalue weighted by atomic mass is 35.5. The lowest BCUT2D eigenvalue weighted by molar-refractivity contribution is -0.254. The van der Waals surface area contributed by atoms with Crippen LogP contribution in [0.15, 0.2) is 23.6 Å². The van der Waals surface area contributed by atoms with E-state index in [4.69, 9.17) is 11.6 Å². The highest BCUT2D eigenvalue weighted by Crippen LogP contribution is 2.46. The molecule has 0 aromatic carbocycles. The number of aromatic nitrogens is 1. The number of nitrogens with zero attached hydrogens (tertiary/aromatic N) is 1. The van der Waals surface area contributed by atoms with Gasteiger partial charge in [-0.15, -0.1) is 11.3 Å². The fraction of sp³-hybridized carbons (Fsp3) is 0.474. The molecule has 0 aliphatic carbocycles. The van der Waals surface area contributed by atoms with Crippen LogP contribution in [0.5, 0.6) is 0 Å². The molecule has 1 amide bonds. The molecule has 0 radical (unpaired) electrons. The molecule has 2 heterocycles. The van der Waals surface area contributed by atoms with Gasteiger partial charge in [0, 0.05) is 5.92 Å². The maximum absolute atomic E-state index is 13.1. The Morgan fingerprint density at radius 1 is 1.10 bits per heavy atom. The van der Waals surface area contributed by atoms with Crippen LogP contribution in [0.25, 0.3) is 0 Å². The molecule has 30 heavy (non-hydrogen) atoms. The molecule has 0 aliphatic heterocycles. The minimum Gasteiger partial charge on any atom is -0.320 e. The van der Waals surface area contributed by atoms with Crippen LogP contribution in [-0.2, 0) is 0 Å². The van der Waals surface area contributed by atoms with Crippen molar-refractivity contribution >= 4 is 34.5 Å². The second kappa shape index (κ2) is 9.13. The first-order valence-corrected chi connectivity index (χ1v) is 10.2. The zero-order valence-corrected chi connectivity index (χ0v) is 17.7. The third-order valence-corrected chi connectivity index (χ3v) is 5.60. The lowest BCUT2D eigenvalue weighted by atomic mass is 9.93. The van der Waals surface area contributed by atoms with Crippen molar-refractivity contribution in [2.75, 3.05) is 5.32 Å². The zero-order valence-electron chi connectivity index (χ0n) is 16.2. The van der Waals surface area contributed by atoms with Crippen LogP contribution in [0.1, 0.15) is 60.1 Å². The molecule has 0 bridgehead atoms. The van der Waals surface area contributed by atoms with E-state index in [1.54, 1.807) is 12.3 Å². The molecule has 3 nitrogen and oxygen atoms in total. The van der Waals surface area contributed by atoms with Crippen molar-refractivity contribution in [2.24, 2.45) is 5.92 Å². The van der Waals surface area contributed by atoms with Crippen molar-refractivity contribution in [3.05, 3.63) is 44.9 Å². The van der Waals surface area contributed by atoms with E-state index in [0.717, 1.165) is 17.4 Å². The van der Waals surface area contributed by atoms with Gasteiger partial charge < -0.3 is 5.32 Å². The Bertz CT molecular complexity index is 880. The summed E-state index contributed by atoms with van der Waals surface area (Å²) in [4.78, 5) is 16.4. The van der Waals surface area contributed by atoms with E-state index in [9.17, 15) is 31.1 Å². The van der Waals surface area contributed by atoms with Crippen LogP contribution in [0.3, 0.4) is 0 Å². The van der Waals surface area contributed by atoms with Crippen molar-refractivity contribution in [3.8, 4) is 0 Å². The van der Waals surface area contributed by atoms with Crippen LogP contribution in [0.4, 0.5) is 32.0 Å². The average Bonchev–Trinajstić information content (AvgIpc) is 2.99. The lowest BCUT2D eigenvalue weighted by Gasteiger charge is -2.25. The van der Waals surface area contributed by atoms with Crippen molar-refractivity contribution in [1.82, 2.24) is 4.98 Å². The Balaban J connectivity index is 2.52. The van der Waals surface area contributed by atoms with Crippen LogP contribution in [0, 0.1) is 5.92 Å². The molecular weight excluding hydrogens is 454 g/mol. The van der Waals surface area contributed by atoms with E-state index in [0.29, 0.717) is 12.5 Å². The van der Waals surface area contributed by atoms with Crippen LogP contribution < -0.4 is 5.32 Å². The summed E-state index contributed by atoms with van der Waals surface area (Å²) >= 11 is 6.98. The maximum Gasteiger partial charge on any atom is 0.406 e. The van der Waals surface area contributed by atoms with Crippen molar-refractivity contribution in [3.63, 3.8) is 0 Å². The molecule has 166 valence electrons. The van der Waals surface area contributed by atoms with Gasteiger partial charge in [-0.3, -0.25) is 9.78 Å². The molecule has 0 spiro atoms. The van der Waals surface area contributed by atoms with Crippen LogP contribution >= 0.6 is 22.9 Å². The van der Waals surface area contributed by atoms with E-state index in [1.165, 1.54) is 6.07 Å². The number of anilines is 1. The Labute approximate surface area is 178 Å². The summed E-state index contributed by atoms with van der Waals surface area (Å²) in [5, 5.41) is 4.28. The molecule has 0 saturated heterocycles. The standard InChI is InChI=1S/C19H19ClF6N2OS/c1-9(2)8-10(3)14-12(28-17(29)15-11(20)6-7-30-15)4-5-13(27-14)16(18(21,22)23)19(24,25)26/h4-7,9-10,16H,8H2,1-3H3,(H,28,29). The van der Waals surface area contributed by atoms with E-state index in [-0.39, 0.29) is 27.2 Å². The maximum atomic E-state index is 13.1. The van der Waals surface area contributed by atoms with Gasteiger partial charge in [-0.1, -0.05) is 32.4 Å². The second-order valence-electron chi connectivity index (χ2n) is 7.27. The van der Waals surface area contributed by atoms with E-state index in [1.807, 2.05) is 13.8 Å². The molecule has 2 aromatic rings. The van der Waals surface area contributed by atoms with Crippen molar-refractivity contribution < 1.29 is 31.1 Å². The largest absolute Gasteiger partial charge is 0.406 e. The molecule has 1 atom stereocenters. The highest BCUT2D eigenvalue weighted by Gasteiger charge is 2.58. The zero-order chi connectivity index (χ0) is 22.9. The first-order chi connectivity index (χ1) is 13.7. The predicted molar refractivity (Wildman–Crippen MR) is 104 cm³/mol. The molecule has 0 saturated carbocycles. The number of nitrogens with one attached hydrogen (secondary N) is 1. The number of carbonyl (C=O) groups excluding carboxylic acids is 1. The number of hydrogen-bond acceptors (Lipinski definition) is 3. The van der Waals surface area contributed by atoms with Gasteiger partial charge in [-0.05, 0) is 35.9 Å². The Morgan fingerprint density at radius 3 is 2.17 bits per heavy atom. The van der Waals surface area contributed by atoms with Crippen LogP contribution in [-0.4, -0.2) is 23.2 Å². The number of carbonyl (C=O) groups is 1. The minimum atomic E-state index is -5.56. The van der Waals surface area contributed by atoms with Gasteiger partial charge in [-0.2, -0.15) is 26.3 Å². The number of rotatable bonds is 6. The molecule has 2 rings (SSSR count). The minimum absolute atomic E-state index is 0.0410. The first-order valence-electron chi connectivity index (χ1n) is 8.90. The SMILES string of the molecule is CC(C)CC(C)c1nc(C(C(F)(F)F)C(F)(F)F)ccc1NC(=O)c1sccc1Cl. The van der Waals surface area contributed by atoms with Gasteiger partial charge in [0.2, 0.25) is 0 Å². The summed E-state index contributed by atoms with van der Waals surface area (Å²) in [6.45, 7) is 5.35. The lowest BCUT2D eigenvalue weighted by Crippen LogP contribution is -2.35. The number of halogens is 7. The van der Waals surface area contributed by atoms with Gasteiger partial charge in [-0.25, -0.2) is 0 Å². The predicted octanol–water partition coefficient (Wildman–Crippen LogP) is 7.41. The first kappa shape index (κ1) is 24.5. The van der Waals surface area contributed by atoms with E-state index < -0.39 is 35.8 Å². The molecule has 2 aromatic heterocycles. The van der Waals surface area contributed by atoms with Gasteiger partial charge in [0.25, 0.3) is 5.91 Å². The third kappa shape index (κ3) is 5.87. The summed E-state index contributed by atoms with van der Waals surface area (Å²) in [5.74, 6) is -4.74. The summed E-state index contributed by atoms with van der Waals surface area (Å²) in [6.07, 6.45) is -10.7. The van der Waals surface area contributed by atoms with Crippen molar-refractivity contribution in [2.45, 2.75) is 51.4 Å². The fourth-order valence-corrected chi connectivity index (χ4v) is 4.14. The molecule has 1 unspecified atom stereocenters. The van der Waals surface area contributed by atoms with E-state index >= 15 is 0 Å². The van der Waals surface area contributed by atoms with Crippen molar-refractivity contribution in [1.29, 1.82) is 0 Å². The average molecular weight is 473 g/mol. The number of alkyl halides is 6. The number of amides is 1. The highest BCUT2D eigenvalue weighted by molar-refractivity contribution is 7.12. The van der Waals surface area contributed by atoms with Gasteiger partial charge in [0.05, 0.1) is 22.1 Å². The Morgan fingerprint density at radius 2 is 1.70 bits per heavy atom. The van der Waals surface area contributed by atoms with Crippen LogP contribution in [0.2, 0.25) is 5.02 Å². The molecular formula is C19H19ClF6N2OS. The van der Waals surface area contributed by atoms with Gasteiger partial charge in [0.1, 0.15) is 4.88 Å². The number of hydrogen-bond donors (Lipinski definition) is 1. The monoisotopic (exact) mass is 472 g/mol. The summed E-state index contributed by atoms with van der Waals surface area (Å²) in [7, 11) is 0. The summed E-state index contributed by atoms with van der Waals surface area (Å²) in [5.41, 5.74) is -1.15. The second-order valence-corrected chi connectivity index (χ2v) is 8.59. The summed E-state index contributed by atoms with van der Waals surface area (Å²) < 4.78 is 78.9. The number of thiophene rings is 1. The summed E-state index contributed by atoms with van der Waals surface area (Å²) in [6, 6.07) is 3.17. The third-order valence-electron chi connectivity index (χ3n) is 4.26. The van der Waals surface area contributed by atoms with E-state index in [2.05, 4.69) is 10.3 Å². The molecule has 11 heteroatoms. The normalized spacial score (nSPS) is 13.7. The fourth-order valence-electron chi connectivity index (χ4n) is 3.11. The molecule has 0 fully saturated rings. The smallest absolute Gasteiger partial charge is 0.320 e.